The molecule has 0 amide bonds. The van der Waals surface area contributed by atoms with Crippen molar-refractivity contribution >= 4 is 11.7 Å². The first-order valence-electron chi connectivity index (χ1n) is 5.97. The summed E-state index contributed by atoms with van der Waals surface area (Å²) < 4.78 is 5.45. The van der Waals surface area contributed by atoms with E-state index in [1.807, 2.05) is 56.0 Å². The van der Waals surface area contributed by atoms with Crippen molar-refractivity contribution in [2.75, 3.05) is 18.6 Å². The van der Waals surface area contributed by atoms with Crippen LogP contribution in [0.4, 0.5) is 5.69 Å². The highest BCUT2D eigenvalue weighted by atomic mass is 16.5. The number of ether oxygens (including phenoxy) is 1. The fourth-order valence-corrected chi connectivity index (χ4v) is 1.76. The molecule has 0 aliphatic rings. The molecule has 100 valence electrons. The van der Waals surface area contributed by atoms with Crippen LogP contribution >= 0.6 is 0 Å². The van der Waals surface area contributed by atoms with Gasteiger partial charge in [-0.05, 0) is 32.9 Å². The maximum atomic E-state index is 11.0. The van der Waals surface area contributed by atoms with Gasteiger partial charge in [0.15, 0.2) is 0 Å². The molecule has 0 fully saturated rings. The lowest BCUT2D eigenvalue weighted by Crippen LogP contribution is -2.50. The van der Waals surface area contributed by atoms with Crippen molar-refractivity contribution in [3.63, 3.8) is 0 Å². The summed E-state index contributed by atoms with van der Waals surface area (Å²) >= 11 is 0. The van der Waals surface area contributed by atoms with Gasteiger partial charge >= 0.3 is 5.97 Å². The number of carboxylic acid groups (broad SMARTS) is 1. The summed E-state index contributed by atoms with van der Waals surface area (Å²) in [5.41, 5.74) is 0.461. The van der Waals surface area contributed by atoms with Crippen LogP contribution < -0.4 is 4.90 Å². The second kappa shape index (κ2) is 5.87. The summed E-state index contributed by atoms with van der Waals surface area (Å²) in [6.07, 6.45) is 0. The molecule has 1 unspecified atom stereocenters. The molecule has 0 aliphatic heterocycles. The zero-order valence-electron chi connectivity index (χ0n) is 11.4. The molecule has 0 radical (unpaired) electrons. The van der Waals surface area contributed by atoms with E-state index in [0.29, 0.717) is 0 Å². The Balaban J connectivity index is 3.03. The number of methoxy groups -OCH3 is 1. The van der Waals surface area contributed by atoms with Crippen LogP contribution in [0.3, 0.4) is 0 Å². The highest BCUT2D eigenvalue weighted by Crippen LogP contribution is 2.24. The van der Waals surface area contributed by atoms with Gasteiger partial charge in [0, 0.05) is 12.8 Å². The van der Waals surface area contributed by atoms with Crippen LogP contribution in [0.1, 0.15) is 20.8 Å². The lowest BCUT2D eigenvalue weighted by atomic mass is 9.98. The third-order valence-corrected chi connectivity index (χ3v) is 3.39. The second-order valence-corrected chi connectivity index (χ2v) is 4.84. The number of benzene rings is 1. The van der Waals surface area contributed by atoms with Gasteiger partial charge in [-0.15, -0.1) is 0 Å². The number of nitrogens with zero attached hydrogens (tertiary/aromatic N) is 1. The van der Waals surface area contributed by atoms with E-state index >= 15 is 0 Å². The number of carboxylic acids is 1. The number of aliphatic carboxylic acids is 1. The number of hydrogen-bond acceptors (Lipinski definition) is 3. The summed E-state index contributed by atoms with van der Waals surface area (Å²) in [5.74, 6) is -0.849. The lowest BCUT2D eigenvalue weighted by molar-refractivity contribution is -0.135. The van der Waals surface area contributed by atoms with E-state index in [1.165, 1.54) is 0 Å². The SMILES string of the molecule is COC(C)(C)C(C)N(CC(=O)O)c1ccccc1. The Kier molecular flexibility index (Phi) is 4.73. The maximum Gasteiger partial charge on any atom is 0.323 e. The Hall–Kier alpha value is -1.55. The van der Waals surface area contributed by atoms with Crippen LogP contribution in [0.15, 0.2) is 30.3 Å². The van der Waals surface area contributed by atoms with E-state index in [9.17, 15) is 4.79 Å². The monoisotopic (exact) mass is 251 g/mol. The summed E-state index contributed by atoms with van der Waals surface area (Å²) in [6, 6.07) is 9.47. The predicted octanol–water partition coefficient (Wildman–Crippen LogP) is 2.39. The molecular formula is C14H21NO3. The molecule has 0 saturated carbocycles. The molecule has 0 saturated heterocycles. The molecule has 4 nitrogen and oxygen atoms in total. The quantitative estimate of drug-likeness (QED) is 0.843. The molecule has 1 rings (SSSR count). The minimum absolute atomic E-state index is 0.0437. The highest BCUT2D eigenvalue weighted by molar-refractivity contribution is 5.74. The normalized spacial score (nSPS) is 13.1. The van der Waals surface area contributed by atoms with Gasteiger partial charge in [-0.3, -0.25) is 4.79 Å². The molecule has 1 aromatic rings. The molecule has 18 heavy (non-hydrogen) atoms. The summed E-state index contributed by atoms with van der Waals surface area (Å²) in [7, 11) is 1.64. The zero-order valence-corrected chi connectivity index (χ0v) is 11.4. The molecule has 4 heteroatoms. The van der Waals surface area contributed by atoms with Crippen molar-refractivity contribution in [2.24, 2.45) is 0 Å². The van der Waals surface area contributed by atoms with Crippen LogP contribution in [-0.4, -0.2) is 36.4 Å². The van der Waals surface area contributed by atoms with E-state index in [-0.39, 0.29) is 12.6 Å². The van der Waals surface area contributed by atoms with E-state index in [4.69, 9.17) is 9.84 Å². The van der Waals surface area contributed by atoms with Crippen LogP contribution in [0.2, 0.25) is 0 Å². The summed E-state index contributed by atoms with van der Waals surface area (Å²) in [4.78, 5) is 12.9. The van der Waals surface area contributed by atoms with Gasteiger partial charge in [-0.2, -0.15) is 0 Å². The van der Waals surface area contributed by atoms with Crippen molar-refractivity contribution in [3.05, 3.63) is 30.3 Å². The third kappa shape index (κ3) is 3.47. The van der Waals surface area contributed by atoms with E-state index in [0.717, 1.165) is 5.69 Å². The molecular weight excluding hydrogens is 230 g/mol. The standard InChI is InChI=1S/C14H21NO3/c1-11(14(2,3)18-4)15(10-13(16)17)12-8-6-5-7-9-12/h5-9,11H,10H2,1-4H3,(H,16,17). The summed E-state index contributed by atoms with van der Waals surface area (Å²) in [5, 5.41) is 9.05. The predicted molar refractivity (Wildman–Crippen MR) is 72.0 cm³/mol. The van der Waals surface area contributed by atoms with E-state index in [2.05, 4.69) is 0 Å². The fraction of sp³-hybridized carbons (Fsp3) is 0.500. The number of anilines is 1. The molecule has 0 heterocycles. The number of rotatable bonds is 6. The number of hydrogen-bond donors (Lipinski definition) is 1. The van der Waals surface area contributed by atoms with Gasteiger partial charge in [0.2, 0.25) is 0 Å². The van der Waals surface area contributed by atoms with Gasteiger partial charge in [-0.1, -0.05) is 18.2 Å². The van der Waals surface area contributed by atoms with Crippen molar-refractivity contribution < 1.29 is 14.6 Å². The fourth-order valence-electron chi connectivity index (χ4n) is 1.76. The number of para-hydroxylation sites is 1. The topological polar surface area (TPSA) is 49.8 Å². The Bertz CT molecular complexity index is 389. The highest BCUT2D eigenvalue weighted by Gasteiger charge is 2.31. The molecule has 0 aliphatic carbocycles. The van der Waals surface area contributed by atoms with Gasteiger partial charge in [-0.25, -0.2) is 0 Å². The van der Waals surface area contributed by atoms with Gasteiger partial charge in [0.05, 0.1) is 11.6 Å². The van der Waals surface area contributed by atoms with Crippen LogP contribution in [-0.2, 0) is 9.53 Å². The molecule has 1 atom stereocenters. The first-order valence-corrected chi connectivity index (χ1v) is 5.97. The first kappa shape index (κ1) is 14.5. The van der Waals surface area contributed by atoms with E-state index in [1.54, 1.807) is 7.11 Å². The third-order valence-electron chi connectivity index (χ3n) is 3.39. The Morgan fingerprint density at radius 1 is 1.39 bits per heavy atom. The van der Waals surface area contributed by atoms with Crippen molar-refractivity contribution in [2.45, 2.75) is 32.4 Å². The Labute approximate surface area is 108 Å². The smallest absolute Gasteiger partial charge is 0.323 e. The molecule has 0 aromatic heterocycles. The second-order valence-electron chi connectivity index (χ2n) is 4.84. The van der Waals surface area contributed by atoms with Crippen molar-refractivity contribution in [1.29, 1.82) is 0 Å². The molecule has 1 aromatic carbocycles. The Morgan fingerprint density at radius 3 is 2.39 bits per heavy atom. The number of carbonyl (C=O) groups is 1. The van der Waals surface area contributed by atoms with Crippen LogP contribution in [0, 0.1) is 0 Å². The molecule has 1 N–H and O–H groups in total. The van der Waals surface area contributed by atoms with E-state index < -0.39 is 11.6 Å². The van der Waals surface area contributed by atoms with Crippen molar-refractivity contribution in [3.8, 4) is 0 Å². The summed E-state index contributed by atoms with van der Waals surface area (Å²) in [6.45, 7) is 5.84. The van der Waals surface area contributed by atoms with Crippen molar-refractivity contribution in [1.82, 2.24) is 0 Å². The average molecular weight is 251 g/mol. The lowest BCUT2D eigenvalue weighted by Gasteiger charge is -2.39. The van der Waals surface area contributed by atoms with Gasteiger partial charge < -0.3 is 14.7 Å². The largest absolute Gasteiger partial charge is 0.480 e. The Morgan fingerprint density at radius 2 is 1.94 bits per heavy atom. The maximum absolute atomic E-state index is 11.0. The minimum Gasteiger partial charge on any atom is -0.480 e. The first-order chi connectivity index (χ1) is 8.38. The van der Waals surface area contributed by atoms with Gasteiger partial charge in [0.1, 0.15) is 6.54 Å². The van der Waals surface area contributed by atoms with Gasteiger partial charge in [0.25, 0.3) is 0 Å². The van der Waals surface area contributed by atoms with Crippen LogP contribution in [0.5, 0.6) is 0 Å². The average Bonchev–Trinajstić information content (AvgIpc) is 2.36. The molecule has 0 bridgehead atoms. The van der Waals surface area contributed by atoms with Crippen LogP contribution in [0.25, 0.3) is 0 Å². The minimum atomic E-state index is -0.849. The zero-order chi connectivity index (χ0) is 13.8. The molecule has 0 spiro atoms.